The fraction of sp³-hybridized carbons (Fsp3) is 0.118. The van der Waals surface area contributed by atoms with Crippen molar-refractivity contribution in [3.63, 3.8) is 0 Å². The van der Waals surface area contributed by atoms with Crippen LogP contribution in [0.15, 0.2) is 53.2 Å². The van der Waals surface area contributed by atoms with E-state index in [1.165, 1.54) is 0 Å². The van der Waals surface area contributed by atoms with Crippen molar-refractivity contribution in [2.24, 2.45) is 0 Å². The van der Waals surface area contributed by atoms with Crippen LogP contribution in [0, 0.1) is 13.8 Å². The van der Waals surface area contributed by atoms with Crippen molar-refractivity contribution >= 4 is 11.8 Å². The first-order valence-electron chi connectivity index (χ1n) is 6.90. The molecule has 0 aliphatic heterocycles. The van der Waals surface area contributed by atoms with Gasteiger partial charge in [-0.3, -0.25) is 15.1 Å². The molecule has 1 N–H and O–H groups in total. The molecule has 0 fully saturated rings. The van der Waals surface area contributed by atoms with Crippen molar-refractivity contribution in [2.75, 3.05) is 5.32 Å². The number of carbonyl (C=O) groups excluding carboxylic acids is 1. The summed E-state index contributed by atoms with van der Waals surface area (Å²) in [4.78, 5) is 16.5. The second kappa shape index (κ2) is 5.81. The third kappa shape index (κ3) is 2.88. The minimum absolute atomic E-state index is 0.221. The summed E-state index contributed by atoms with van der Waals surface area (Å²) in [5, 5.41) is 6.63. The summed E-state index contributed by atoms with van der Waals surface area (Å²) in [6.45, 7) is 3.89. The summed E-state index contributed by atoms with van der Waals surface area (Å²) in [5.41, 5.74) is 3.92. The third-order valence-electron chi connectivity index (χ3n) is 3.30. The van der Waals surface area contributed by atoms with E-state index in [0.717, 1.165) is 11.1 Å². The van der Waals surface area contributed by atoms with Crippen molar-refractivity contribution < 1.29 is 9.32 Å². The Balaban J connectivity index is 1.79. The Hall–Kier alpha value is -2.95. The molecular formula is C17H15N3O2. The number of pyridine rings is 1. The maximum Gasteiger partial charge on any atom is 0.258 e. The van der Waals surface area contributed by atoms with Crippen molar-refractivity contribution in [1.82, 2.24) is 10.1 Å². The number of benzene rings is 1. The summed E-state index contributed by atoms with van der Waals surface area (Å²) in [6, 6.07) is 12.8. The Kier molecular flexibility index (Phi) is 3.70. The average Bonchev–Trinajstić information content (AvgIpc) is 2.96. The lowest BCUT2D eigenvalue weighted by Crippen LogP contribution is -2.12. The number of anilines is 1. The van der Waals surface area contributed by atoms with Gasteiger partial charge < -0.3 is 4.52 Å². The molecule has 5 heteroatoms. The molecule has 22 heavy (non-hydrogen) atoms. The topological polar surface area (TPSA) is 68.0 Å². The minimum atomic E-state index is -0.221. The Labute approximate surface area is 128 Å². The fourth-order valence-corrected chi connectivity index (χ4v) is 2.22. The summed E-state index contributed by atoms with van der Waals surface area (Å²) in [7, 11) is 0. The van der Waals surface area contributed by atoms with Crippen LogP contribution < -0.4 is 5.32 Å². The first-order chi connectivity index (χ1) is 10.6. The second-order valence-electron chi connectivity index (χ2n) is 5.06. The molecule has 1 amide bonds. The summed E-state index contributed by atoms with van der Waals surface area (Å²) < 4.78 is 5.15. The SMILES string of the molecule is Cc1ccc(C(=O)Nc2cc(-c3ccccn3)no2)c(C)c1. The zero-order valence-corrected chi connectivity index (χ0v) is 12.3. The number of aromatic nitrogens is 2. The Bertz CT molecular complexity index is 810. The molecule has 1 aromatic carbocycles. The highest BCUT2D eigenvalue weighted by Gasteiger charge is 2.13. The van der Waals surface area contributed by atoms with Crippen LogP contribution in [0.1, 0.15) is 21.5 Å². The number of carbonyl (C=O) groups is 1. The first-order valence-corrected chi connectivity index (χ1v) is 6.90. The molecule has 0 unspecified atom stereocenters. The van der Waals surface area contributed by atoms with E-state index in [2.05, 4.69) is 15.5 Å². The highest BCUT2D eigenvalue weighted by Crippen LogP contribution is 2.20. The Morgan fingerprint density at radius 2 is 1.95 bits per heavy atom. The zero-order valence-electron chi connectivity index (χ0n) is 12.3. The van der Waals surface area contributed by atoms with Gasteiger partial charge in [-0.15, -0.1) is 0 Å². The standard InChI is InChI=1S/C17H15N3O2/c1-11-6-7-13(12(2)9-11)17(21)19-16-10-15(20-22-16)14-5-3-4-8-18-14/h3-10H,1-2H3,(H,19,21). The monoisotopic (exact) mass is 293 g/mol. The van der Waals surface area contributed by atoms with Crippen LogP contribution >= 0.6 is 0 Å². The summed E-state index contributed by atoms with van der Waals surface area (Å²) in [6.07, 6.45) is 1.68. The van der Waals surface area contributed by atoms with Gasteiger partial charge in [0.15, 0.2) is 0 Å². The van der Waals surface area contributed by atoms with E-state index >= 15 is 0 Å². The van der Waals surface area contributed by atoms with Crippen molar-refractivity contribution in [3.05, 3.63) is 65.4 Å². The fourth-order valence-electron chi connectivity index (χ4n) is 2.22. The molecule has 0 bridgehead atoms. The number of nitrogens with one attached hydrogen (secondary N) is 1. The van der Waals surface area contributed by atoms with Gasteiger partial charge in [0.1, 0.15) is 5.69 Å². The van der Waals surface area contributed by atoms with Crippen LogP contribution in [-0.4, -0.2) is 16.0 Å². The lowest BCUT2D eigenvalue weighted by Gasteiger charge is -2.05. The average molecular weight is 293 g/mol. The van der Waals surface area contributed by atoms with E-state index in [9.17, 15) is 4.79 Å². The van der Waals surface area contributed by atoms with Crippen LogP contribution in [-0.2, 0) is 0 Å². The second-order valence-corrected chi connectivity index (χ2v) is 5.06. The lowest BCUT2D eigenvalue weighted by molar-refractivity contribution is 0.102. The van der Waals surface area contributed by atoms with E-state index in [0.29, 0.717) is 22.8 Å². The van der Waals surface area contributed by atoms with Crippen LogP contribution in [0.2, 0.25) is 0 Å². The first kappa shape index (κ1) is 14.0. The largest absolute Gasteiger partial charge is 0.338 e. The van der Waals surface area contributed by atoms with Gasteiger partial charge in [-0.1, -0.05) is 28.9 Å². The van der Waals surface area contributed by atoms with E-state index < -0.39 is 0 Å². The highest BCUT2D eigenvalue weighted by molar-refractivity contribution is 6.04. The van der Waals surface area contributed by atoms with Crippen molar-refractivity contribution in [1.29, 1.82) is 0 Å². The quantitative estimate of drug-likeness (QED) is 0.801. The van der Waals surface area contributed by atoms with Gasteiger partial charge in [0, 0.05) is 17.8 Å². The maximum atomic E-state index is 12.3. The molecule has 0 saturated heterocycles. The van der Waals surface area contributed by atoms with E-state index in [1.54, 1.807) is 18.3 Å². The minimum Gasteiger partial charge on any atom is -0.338 e. The van der Waals surface area contributed by atoms with Crippen molar-refractivity contribution in [3.8, 4) is 11.4 Å². The van der Waals surface area contributed by atoms with Crippen LogP contribution in [0.3, 0.4) is 0 Å². The van der Waals surface area contributed by atoms with E-state index in [-0.39, 0.29) is 5.91 Å². The van der Waals surface area contributed by atoms with Gasteiger partial charge in [0.2, 0.25) is 5.88 Å². The molecule has 0 radical (unpaired) electrons. The van der Waals surface area contributed by atoms with E-state index in [1.807, 2.05) is 44.2 Å². The molecule has 0 aliphatic rings. The van der Waals surface area contributed by atoms with Crippen LogP contribution in [0.4, 0.5) is 5.88 Å². The number of hydrogen-bond acceptors (Lipinski definition) is 4. The molecule has 2 heterocycles. The Morgan fingerprint density at radius 3 is 2.68 bits per heavy atom. The van der Waals surface area contributed by atoms with Gasteiger partial charge in [-0.05, 0) is 37.6 Å². The molecule has 2 aromatic heterocycles. The molecular weight excluding hydrogens is 278 g/mol. The third-order valence-corrected chi connectivity index (χ3v) is 3.30. The number of nitrogens with zero attached hydrogens (tertiary/aromatic N) is 2. The normalized spacial score (nSPS) is 10.5. The molecule has 5 nitrogen and oxygen atoms in total. The molecule has 3 rings (SSSR count). The molecule has 0 spiro atoms. The van der Waals surface area contributed by atoms with Gasteiger partial charge in [0.05, 0.1) is 5.69 Å². The number of aryl methyl sites for hydroxylation is 2. The smallest absolute Gasteiger partial charge is 0.258 e. The maximum absolute atomic E-state index is 12.3. The molecule has 0 saturated carbocycles. The van der Waals surface area contributed by atoms with Crippen molar-refractivity contribution in [2.45, 2.75) is 13.8 Å². The van der Waals surface area contributed by atoms with Gasteiger partial charge >= 0.3 is 0 Å². The zero-order chi connectivity index (χ0) is 15.5. The Morgan fingerprint density at radius 1 is 1.09 bits per heavy atom. The van der Waals surface area contributed by atoms with Gasteiger partial charge in [0.25, 0.3) is 5.91 Å². The van der Waals surface area contributed by atoms with Crippen LogP contribution in [0.5, 0.6) is 0 Å². The molecule has 0 atom stereocenters. The number of amides is 1. The molecule has 3 aromatic rings. The van der Waals surface area contributed by atoms with Gasteiger partial charge in [-0.2, -0.15) is 0 Å². The molecule has 0 aliphatic carbocycles. The number of rotatable bonds is 3. The lowest BCUT2D eigenvalue weighted by atomic mass is 10.1. The van der Waals surface area contributed by atoms with E-state index in [4.69, 9.17) is 4.52 Å². The predicted molar refractivity (Wildman–Crippen MR) is 83.6 cm³/mol. The summed E-state index contributed by atoms with van der Waals surface area (Å²) >= 11 is 0. The summed E-state index contributed by atoms with van der Waals surface area (Å²) in [5.74, 6) is 0.0758. The van der Waals surface area contributed by atoms with Crippen LogP contribution in [0.25, 0.3) is 11.4 Å². The molecule has 110 valence electrons. The van der Waals surface area contributed by atoms with Gasteiger partial charge in [-0.25, -0.2) is 0 Å². The highest BCUT2D eigenvalue weighted by atomic mass is 16.5. The predicted octanol–water partition coefficient (Wildman–Crippen LogP) is 3.61. The number of hydrogen-bond donors (Lipinski definition) is 1.